The quantitative estimate of drug-likeness (QED) is 0.180. The maximum absolute atomic E-state index is 13.8. The topological polar surface area (TPSA) is 193 Å². The predicted octanol–water partition coefficient (Wildman–Crippen LogP) is 5.04. The molecule has 324 valence electrons. The fraction of sp³-hybridized carbons (Fsp3) is 0.568. The van der Waals surface area contributed by atoms with Crippen molar-refractivity contribution >= 4 is 41.6 Å². The van der Waals surface area contributed by atoms with E-state index in [9.17, 15) is 33.6 Å². The van der Waals surface area contributed by atoms with Gasteiger partial charge in [-0.1, -0.05) is 26.0 Å². The van der Waals surface area contributed by atoms with Gasteiger partial charge in [0.1, 0.15) is 36.1 Å². The number of hydrogen-bond acceptors (Lipinski definition) is 13. The van der Waals surface area contributed by atoms with E-state index in [1.807, 2.05) is 13.0 Å². The maximum Gasteiger partial charge on any atom is 0.411 e. The zero-order valence-corrected chi connectivity index (χ0v) is 35.5. The number of ether oxygens (including phenoxy) is 6. The molecule has 3 heterocycles. The molecule has 0 spiro atoms. The predicted molar refractivity (Wildman–Crippen MR) is 214 cm³/mol. The molecule has 0 radical (unpaired) electrons. The first-order valence-electron chi connectivity index (χ1n) is 20.4. The van der Waals surface area contributed by atoms with Crippen molar-refractivity contribution < 1.29 is 62.0 Å². The van der Waals surface area contributed by atoms with Crippen LogP contribution in [0.25, 0.3) is 11.1 Å². The number of aryl methyl sites for hydroxylation is 1. The number of benzene rings is 2. The van der Waals surface area contributed by atoms with Gasteiger partial charge in [0.05, 0.1) is 13.7 Å². The van der Waals surface area contributed by atoms with Crippen molar-refractivity contribution in [2.24, 2.45) is 11.8 Å². The number of carbonyl (C=O) groups excluding carboxylic acids is 7. The van der Waals surface area contributed by atoms with Gasteiger partial charge >= 0.3 is 24.1 Å². The van der Waals surface area contributed by atoms with Gasteiger partial charge in [-0.15, -0.1) is 0 Å². The van der Waals surface area contributed by atoms with E-state index in [4.69, 9.17) is 28.4 Å². The van der Waals surface area contributed by atoms with E-state index in [2.05, 4.69) is 5.32 Å². The number of esters is 2. The number of nitrogens with one attached hydrogen (secondary N) is 1. The molecule has 6 rings (SSSR count). The highest BCUT2D eigenvalue weighted by Crippen LogP contribution is 2.42. The number of ketones is 2. The molecule has 16 heteroatoms. The summed E-state index contributed by atoms with van der Waals surface area (Å²) >= 11 is 0. The molecule has 1 N–H and O–H groups in total. The van der Waals surface area contributed by atoms with E-state index in [1.54, 1.807) is 66.0 Å². The molecule has 2 aromatic rings. The van der Waals surface area contributed by atoms with Gasteiger partial charge < -0.3 is 38.6 Å². The average molecular weight is 834 g/mol. The van der Waals surface area contributed by atoms with E-state index in [0.29, 0.717) is 49.2 Å². The Bertz CT molecular complexity index is 2040. The van der Waals surface area contributed by atoms with Gasteiger partial charge in [0.15, 0.2) is 18.5 Å². The highest BCUT2D eigenvalue weighted by molar-refractivity contribution is 6.04. The minimum absolute atomic E-state index is 0.0968. The van der Waals surface area contributed by atoms with Crippen molar-refractivity contribution in [2.75, 3.05) is 34.0 Å². The summed E-state index contributed by atoms with van der Waals surface area (Å²) in [5.74, 6) is -2.50. The first kappa shape index (κ1) is 44.1. The molecule has 0 bridgehead atoms. The first-order valence-corrected chi connectivity index (χ1v) is 20.4. The van der Waals surface area contributed by atoms with Crippen LogP contribution in [0.2, 0.25) is 0 Å². The SMILES string of the molecule is COC[C@H]1C[C@@H](C(=O)OCC(=O)c2ccc3c(c2)COc2cc4c(cc2-3)CCC(OC(=O)C2CC[C@H](C)N2C(=O)[C@@H](NC(=O)OC)C(C)C)C4=O)N(C(=O)OC(C)(C)C)C1. The monoisotopic (exact) mass is 833 g/mol. The fourth-order valence-electron chi connectivity index (χ4n) is 8.41. The summed E-state index contributed by atoms with van der Waals surface area (Å²) in [6.07, 6.45) is -0.538. The summed E-state index contributed by atoms with van der Waals surface area (Å²) in [7, 11) is 2.76. The van der Waals surface area contributed by atoms with Crippen LogP contribution in [0.3, 0.4) is 0 Å². The summed E-state index contributed by atoms with van der Waals surface area (Å²) in [5, 5.41) is 2.57. The van der Waals surface area contributed by atoms with Crippen LogP contribution in [0.15, 0.2) is 30.3 Å². The van der Waals surface area contributed by atoms with E-state index >= 15 is 0 Å². The summed E-state index contributed by atoms with van der Waals surface area (Å²) in [6.45, 7) is 10.8. The highest BCUT2D eigenvalue weighted by atomic mass is 16.6. The van der Waals surface area contributed by atoms with Crippen LogP contribution in [0, 0.1) is 11.8 Å². The van der Waals surface area contributed by atoms with Gasteiger partial charge in [0.2, 0.25) is 11.7 Å². The van der Waals surface area contributed by atoms with Crippen LogP contribution in [0.5, 0.6) is 5.75 Å². The number of amides is 3. The van der Waals surface area contributed by atoms with Gasteiger partial charge in [-0.2, -0.15) is 0 Å². The lowest BCUT2D eigenvalue weighted by molar-refractivity contribution is -0.158. The van der Waals surface area contributed by atoms with Crippen molar-refractivity contribution in [3.8, 4) is 16.9 Å². The van der Waals surface area contributed by atoms with Gasteiger partial charge in [-0.25, -0.2) is 19.2 Å². The molecule has 2 fully saturated rings. The molecule has 6 atom stereocenters. The summed E-state index contributed by atoms with van der Waals surface area (Å²) in [6, 6.07) is 5.65. The molecule has 2 saturated heterocycles. The van der Waals surface area contributed by atoms with E-state index in [1.165, 1.54) is 16.9 Å². The second-order valence-corrected chi connectivity index (χ2v) is 17.3. The van der Waals surface area contributed by atoms with Crippen molar-refractivity contribution in [2.45, 2.75) is 116 Å². The average Bonchev–Trinajstić information content (AvgIpc) is 3.82. The number of nitrogens with zero attached hydrogens (tertiary/aromatic N) is 2. The van der Waals surface area contributed by atoms with Crippen LogP contribution < -0.4 is 10.1 Å². The molecule has 3 amide bonds. The summed E-state index contributed by atoms with van der Waals surface area (Å²) in [4.78, 5) is 95.3. The third-order valence-corrected chi connectivity index (χ3v) is 11.4. The Morgan fingerprint density at radius 2 is 1.67 bits per heavy atom. The second-order valence-electron chi connectivity index (χ2n) is 17.3. The second kappa shape index (κ2) is 18.0. The van der Waals surface area contributed by atoms with Crippen molar-refractivity contribution in [3.05, 3.63) is 52.6 Å². The molecule has 0 saturated carbocycles. The summed E-state index contributed by atoms with van der Waals surface area (Å²) in [5.41, 5.74) is 2.98. The minimum Gasteiger partial charge on any atom is -0.488 e. The molecular weight excluding hydrogens is 778 g/mol. The normalized spacial score (nSPS) is 22.5. The van der Waals surface area contributed by atoms with Crippen LogP contribution >= 0.6 is 0 Å². The lowest BCUT2D eigenvalue weighted by Crippen LogP contribution is -2.56. The van der Waals surface area contributed by atoms with Crippen LogP contribution in [0.1, 0.15) is 99.1 Å². The molecule has 60 heavy (non-hydrogen) atoms. The number of Topliss-reactive ketones (excluding diaryl/α,β-unsaturated/α-hetero) is 2. The Labute approximate surface area is 349 Å². The Kier molecular flexibility index (Phi) is 13.2. The van der Waals surface area contributed by atoms with Gasteiger partial charge in [-0.3, -0.25) is 19.3 Å². The molecule has 1 aliphatic carbocycles. The standard InChI is InChI=1S/C44H55N3O13/c1-23(2)37(45-42(53)56-8)39(50)47-24(3)9-13-32(47)41(52)59-35-14-11-26-17-31-29-12-10-27(16-28(29)21-57-36(31)18-30(26)38(35)49)34(48)22-58-40(51)33-15-25(20-55-7)19-46(33)43(54)60-44(4,5)6/h10,12,16-18,23-25,32-33,35,37H,9,11,13-15,19-22H2,1-8H3,(H,45,53)/t24-,25-,32?,33-,35?,37-/m0/s1. The molecule has 2 unspecified atom stereocenters. The number of carbonyl (C=O) groups is 7. The Balaban J connectivity index is 1.10. The van der Waals surface area contributed by atoms with Gasteiger partial charge in [0, 0.05) is 42.3 Å². The van der Waals surface area contributed by atoms with Crippen LogP contribution in [-0.4, -0.2) is 121 Å². The number of rotatable bonds is 11. The van der Waals surface area contributed by atoms with Crippen molar-refractivity contribution in [3.63, 3.8) is 0 Å². The fourth-order valence-corrected chi connectivity index (χ4v) is 8.41. The lowest BCUT2D eigenvalue weighted by Gasteiger charge is -2.33. The number of hydrogen-bond donors (Lipinski definition) is 1. The number of likely N-dealkylation sites (tertiary alicyclic amines) is 2. The molecule has 0 aromatic heterocycles. The number of methoxy groups -OCH3 is 2. The molecule has 16 nitrogen and oxygen atoms in total. The molecular formula is C44H55N3O13. The molecule has 4 aliphatic rings. The third kappa shape index (κ3) is 9.43. The molecule has 2 aromatic carbocycles. The molecule has 3 aliphatic heterocycles. The maximum atomic E-state index is 13.8. The Morgan fingerprint density at radius 3 is 2.35 bits per heavy atom. The summed E-state index contributed by atoms with van der Waals surface area (Å²) < 4.78 is 32.9. The third-order valence-electron chi connectivity index (χ3n) is 11.4. The number of fused-ring (bicyclic) bond motifs is 4. The van der Waals surface area contributed by atoms with Crippen molar-refractivity contribution in [1.29, 1.82) is 0 Å². The number of alkyl carbamates (subject to hydrolysis) is 1. The lowest BCUT2D eigenvalue weighted by atomic mass is 9.84. The van der Waals surface area contributed by atoms with E-state index < -0.39 is 72.3 Å². The Hall–Kier alpha value is -5.51. The zero-order chi connectivity index (χ0) is 43.6. The minimum atomic E-state index is -1.05. The van der Waals surface area contributed by atoms with Crippen LogP contribution in [-0.2, 0) is 51.1 Å². The zero-order valence-electron chi connectivity index (χ0n) is 35.5. The van der Waals surface area contributed by atoms with Gasteiger partial charge in [-0.05, 0) is 101 Å². The van der Waals surface area contributed by atoms with Gasteiger partial charge in [0.25, 0.3) is 0 Å². The Morgan fingerprint density at radius 1 is 0.917 bits per heavy atom. The smallest absolute Gasteiger partial charge is 0.411 e. The van der Waals surface area contributed by atoms with E-state index in [0.717, 1.165) is 22.3 Å². The largest absolute Gasteiger partial charge is 0.488 e. The highest BCUT2D eigenvalue weighted by Gasteiger charge is 2.45. The first-order chi connectivity index (χ1) is 28.4. The van der Waals surface area contributed by atoms with Crippen molar-refractivity contribution in [1.82, 2.24) is 15.1 Å². The van der Waals surface area contributed by atoms with E-state index in [-0.39, 0.29) is 43.2 Å². The van der Waals surface area contributed by atoms with Crippen LogP contribution in [0.4, 0.5) is 9.59 Å².